The van der Waals surface area contributed by atoms with Crippen LogP contribution in [0.15, 0.2) is 88.5 Å². The summed E-state index contributed by atoms with van der Waals surface area (Å²) in [5, 5.41) is 18.0. The lowest BCUT2D eigenvalue weighted by molar-refractivity contribution is 0.255. The van der Waals surface area contributed by atoms with Gasteiger partial charge in [0, 0.05) is 43.2 Å². The molecule has 5 aromatic rings. The lowest BCUT2D eigenvalue weighted by atomic mass is 9.91. The van der Waals surface area contributed by atoms with E-state index >= 15 is 0 Å². The first-order valence-electron chi connectivity index (χ1n) is 14.1. The zero-order chi connectivity index (χ0) is 28.9. The van der Waals surface area contributed by atoms with Gasteiger partial charge in [0.2, 0.25) is 5.95 Å². The molecule has 0 aliphatic heterocycles. The first-order valence-corrected chi connectivity index (χ1v) is 15.2. The minimum absolute atomic E-state index is 0.274. The molecule has 1 aliphatic carbocycles. The van der Waals surface area contributed by atoms with Crippen molar-refractivity contribution >= 4 is 45.2 Å². The van der Waals surface area contributed by atoms with Crippen LogP contribution in [-0.4, -0.2) is 47.9 Å². The number of nitrogens with one attached hydrogen (secondary N) is 3. The van der Waals surface area contributed by atoms with E-state index in [9.17, 15) is 4.21 Å². The third-order valence-electron chi connectivity index (χ3n) is 7.68. The van der Waals surface area contributed by atoms with Crippen molar-refractivity contribution in [3.05, 3.63) is 90.1 Å². The first kappa shape index (κ1) is 28.0. The Morgan fingerprint density at radius 3 is 2.38 bits per heavy atom. The summed E-state index contributed by atoms with van der Waals surface area (Å²) < 4.78 is 20.2. The second-order valence-electron chi connectivity index (χ2n) is 10.7. The van der Waals surface area contributed by atoms with Crippen LogP contribution < -0.4 is 16.0 Å². The van der Waals surface area contributed by atoms with Gasteiger partial charge in [-0.3, -0.25) is 0 Å². The summed E-state index contributed by atoms with van der Waals surface area (Å²) in [4.78, 5) is 9.68. The quantitative estimate of drug-likeness (QED) is 0.186. The number of rotatable bonds is 10. The molecule has 10 nitrogen and oxygen atoms in total. The number of nitrogens with zero attached hydrogens (tertiary/aromatic N) is 5. The molecule has 1 saturated carbocycles. The predicted molar refractivity (Wildman–Crippen MR) is 165 cm³/mol. The average molecular weight is 583 g/mol. The Bertz CT molecular complexity index is 1650. The van der Waals surface area contributed by atoms with E-state index in [1.807, 2.05) is 66.0 Å². The van der Waals surface area contributed by atoms with Crippen LogP contribution in [0.25, 0.3) is 11.0 Å². The number of benzene rings is 3. The van der Waals surface area contributed by atoms with Gasteiger partial charge in [0.25, 0.3) is 0 Å². The summed E-state index contributed by atoms with van der Waals surface area (Å²) in [6, 6.07) is 24.3. The smallest absolute Gasteiger partial charge is 0.229 e. The molecule has 42 heavy (non-hydrogen) atoms. The highest BCUT2D eigenvalue weighted by Crippen LogP contribution is 2.27. The molecular formula is C31H34N8O2S. The van der Waals surface area contributed by atoms with E-state index in [-0.39, 0.29) is 6.04 Å². The van der Waals surface area contributed by atoms with E-state index < -0.39 is 11.0 Å². The van der Waals surface area contributed by atoms with Gasteiger partial charge in [-0.15, -0.1) is 0 Å². The van der Waals surface area contributed by atoms with E-state index in [2.05, 4.69) is 61.4 Å². The van der Waals surface area contributed by atoms with Crippen LogP contribution in [0.4, 0.5) is 23.1 Å². The molecule has 1 aliphatic rings. The van der Waals surface area contributed by atoms with E-state index in [1.165, 1.54) is 5.56 Å². The van der Waals surface area contributed by atoms with Crippen molar-refractivity contribution in [2.75, 3.05) is 17.7 Å². The molecule has 2 aromatic heterocycles. The molecule has 0 amide bonds. The Morgan fingerprint density at radius 2 is 1.60 bits per heavy atom. The molecule has 216 valence electrons. The maximum atomic E-state index is 13.4. The van der Waals surface area contributed by atoms with Gasteiger partial charge in [-0.05, 0) is 103 Å². The van der Waals surface area contributed by atoms with Gasteiger partial charge < -0.3 is 16.0 Å². The zero-order valence-corrected chi connectivity index (χ0v) is 24.5. The highest BCUT2D eigenvalue weighted by Gasteiger charge is 2.27. The summed E-state index contributed by atoms with van der Waals surface area (Å²) in [6.45, 7) is 2.83. The van der Waals surface area contributed by atoms with Crippen molar-refractivity contribution in [3.63, 3.8) is 0 Å². The number of aromatic nitrogens is 4. The minimum Gasteiger partial charge on any atom is -0.340 e. The largest absolute Gasteiger partial charge is 0.340 e. The summed E-state index contributed by atoms with van der Waals surface area (Å²) in [7, 11) is 0.720. The van der Waals surface area contributed by atoms with E-state index in [0.717, 1.165) is 65.1 Å². The lowest BCUT2D eigenvalue weighted by Gasteiger charge is -2.34. The fraction of sp³-hybridized carbons (Fsp3) is 0.290. The molecule has 0 spiro atoms. The molecule has 0 saturated heterocycles. The minimum atomic E-state index is -1.24. The lowest BCUT2D eigenvalue weighted by Crippen LogP contribution is -2.41. The van der Waals surface area contributed by atoms with Crippen LogP contribution in [0.1, 0.15) is 36.8 Å². The zero-order valence-electron chi connectivity index (χ0n) is 23.7. The molecule has 0 radical (unpaired) electrons. The molecule has 1 fully saturated rings. The van der Waals surface area contributed by atoms with Crippen LogP contribution in [0, 0.1) is 6.92 Å². The van der Waals surface area contributed by atoms with Gasteiger partial charge in [-0.1, -0.05) is 23.8 Å². The SMILES string of the molecule is Cc1ccc(Nc2ccnc(Nc3ccc(S(=O)N(C)C4CCC(NCc5ccc6nonc6c5)CC4)cc3)n2)cc1. The number of anilines is 4. The van der Waals surface area contributed by atoms with Crippen LogP contribution in [0.2, 0.25) is 0 Å². The topological polar surface area (TPSA) is 121 Å². The molecule has 2 heterocycles. The Labute approximate surface area is 247 Å². The summed E-state index contributed by atoms with van der Waals surface area (Å²) in [5.41, 5.74) is 5.71. The van der Waals surface area contributed by atoms with Crippen LogP contribution in [0.3, 0.4) is 0 Å². The highest BCUT2D eigenvalue weighted by atomic mass is 32.2. The second kappa shape index (κ2) is 12.8. The van der Waals surface area contributed by atoms with Crippen molar-refractivity contribution in [1.29, 1.82) is 0 Å². The Hall–Kier alpha value is -4.19. The number of hydrogen-bond acceptors (Lipinski definition) is 9. The Morgan fingerprint density at radius 1 is 0.881 bits per heavy atom. The van der Waals surface area contributed by atoms with Gasteiger partial charge in [0.15, 0.2) is 0 Å². The monoisotopic (exact) mass is 582 g/mol. The summed E-state index contributed by atoms with van der Waals surface area (Å²) in [5.74, 6) is 1.19. The molecule has 11 heteroatoms. The normalized spacial score (nSPS) is 17.8. The van der Waals surface area contributed by atoms with Crippen LogP contribution >= 0.6 is 0 Å². The van der Waals surface area contributed by atoms with Crippen LogP contribution in [-0.2, 0) is 17.5 Å². The highest BCUT2D eigenvalue weighted by molar-refractivity contribution is 7.82. The second-order valence-corrected chi connectivity index (χ2v) is 12.2. The summed E-state index contributed by atoms with van der Waals surface area (Å²) >= 11 is 0. The molecule has 6 rings (SSSR count). The third kappa shape index (κ3) is 6.81. The average Bonchev–Trinajstić information content (AvgIpc) is 3.49. The van der Waals surface area contributed by atoms with E-state index in [0.29, 0.717) is 17.8 Å². The van der Waals surface area contributed by atoms with Gasteiger partial charge >= 0.3 is 0 Å². The molecule has 1 unspecified atom stereocenters. The Balaban J connectivity index is 0.985. The van der Waals surface area contributed by atoms with Crippen molar-refractivity contribution < 1.29 is 8.84 Å². The molecule has 1 atom stereocenters. The molecule has 3 N–H and O–H groups in total. The standard InChI is InChI=1S/C31H34N8O2S/c1-21-3-6-24(7-4-21)34-30-17-18-32-31(36-30)35-25-10-14-27(15-11-25)42(40)39(2)26-12-8-23(9-13-26)33-20-22-5-16-28-29(19-22)38-41-37-28/h3-7,10-11,14-19,23,26,33H,8-9,12-13,20H2,1-2H3,(H2,32,34,35,36). The maximum Gasteiger partial charge on any atom is 0.229 e. The fourth-order valence-corrected chi connectivity index (χ4v) is 6.39. The van der Waals surface area contributed by atoms with Gasteiger partial charge in [-0.25, -0.2) is 18.1 Å². The summed E-state index contributed by atoms with van der Waals surface area (Å²) in [6.07, 6.45) is 5.79. The van der Waals surface area contributed by atoms with E-state index in [4.69, 9.17) is 4.63 Å². The van der Waals surface area contributed by atoms with Gasteiger partial charge in [0.1, 0.15) is 27.8 Å². The molecular weight excluding hydrogens is 548 g/mol. The number of hydrogen-bond donors (Lipinski definition) is 3. The predicted octanol–water partition coefficient (Wildman–Crippen LogP) is 5.86. The van der Waals surface area contributed by atoms with Crippen molar-refractivity contribution in [1.82, 2.24) is 29.9 Å². The fourth-order valence-electron chi connectivity index (χ4n) is 5.20. The molecule has 0 bridgehead atoms. The number of aryl methyl sites for hydroxylation is 1. The first-order chi connectivity index (χ1) is 20.5. The van der Waals surface area contributed by atoms with Crippen molar-refractivity contribution in [2.45, 2.75) is 56.1 Å². The molecule has 3 aromatic carbocycles. The number of fused-ring (bicyclic) bond motifs is 1. The Kier molecular flexibility index (Phi) is 8.50. The van der Waals surface area contributed by atoms with E-state index in [1.54, 1.807) is 6.20 Å². The van der Waals surface area contributed by atoms with Crippen LogP contribution in [0.5, 0.6) is 0 Å². The van der Waals surface area contributed by atoms with Crippen molar-refractivity contribution in [2.24, 2.45) is 0 Å². The van der Waals surface area contributed by atoms with Crippen molar-refractivity contribution in [3.8, 4) is 0 Å². The third-order valence-corrected chi connectivity index (χ3v) is 9.17. The maximum absolute atomic E-state index is 13.4. The van der Waals surface area contributed by atoms with Gasteiger partial charge in [0.05, 0.1) is 4.90 Å². The van der Waals surface area contributed by atoms with Gasteiger partial charge in [-0.2, -0.15) is 4.98 Å².